The first-order valence-corrected chi connectivity index (χ1v) is 7.89. The summed E-state index contributed by atoms with van der Waals surface area (Å²) in [7, 11) is 0. The summed E-state index contributed by atoms with van der Waals surface area (Å²) >= 11 is 1.44. The van der Waals surface area contributed by atoms with E-state index in [1.165, 1.54) is 11.3 Å². The lowest BCUT2D eigenvalue weighted by Crippen LogP contribution is -2.35. The van der Waals surface area contributed by atoms with Gasteiger partial charge in [-0.05, 0) is 18.1 Å². The van der Waals surface area contributed by atoms with Gasteiger partial charge in [-0.2, -0.15) is 0 Å². The number of thiazole rings is 1. The van der Waals surface area contributed by atoms with E-state index in [4.69, 9.17) is 9.94 Å². The van der Waals surface area contributed by atoms with E-state index < -0.39 is 6.10 Å². The molecule has 22 heavy (non-hydrogen) atoms. The van der Waals surface area contributed by atoms with Gasteiger partial charge in [0.05, 0.1) is 24.4 Å². The maximum absolute atomic E-state index is 11.8. The van der Waals surface area contributed by atoms with Crippen LogP contribution in [-0.4, -0.2) is 33.7 Å². The van der Waals surface area contributed by atoms with E-state index in [-0.39, 0.29) is 24.9 Å². The number of aromatic nitrogens is 2. The molecule has 1 atom stereocenters. The van der Waals surface area contributed by atoms with Crippen molar-refractivity contribution in [2.45, 2.75) is 26.4 Å². The van der Waals surface area contributed by atoms with Crippen molar-refractivity contribution in [3.63, 3.8) is 0 Å². The molecule has 0 aliphatic heterocycles. The maximum Gasteiger partial charge on any atom is 0.249 e. The molecule has 0 radical (unpaired) electrons. The molecular formula is C15H19N3O3S. The molecule has 0 aromatic carbocycles. The summed E-state index contributed by atoms with van der Waals surface area (Å²) in [5.41, 5.74) is 3.81. The highest BCUT2D eigenvalue weighted by molar-refractivity contribution is 7.13. The van der Waals surface area contributed by atoms with Crippen molar-refractivity contribution >= 4 is 17.2 Å². The highest BCUT2D eigenvalue weighted by atomic mass is 32.1. The van der Waals surface area contributed by atoms with Gasteiger partial charge in [-0.25, -0.2) is 10.5 Å². The van der Waals surface area contributed by atoms with Gasteiger partial charge in [-0.15, -0.1) is 11.3 Å². The molecule has 2 heterocycles. The summed E-state index contributed by atoms with van der Waals surface area (Å²) in [5.74, 6) is -0.183. The van der Waals surface area contributed by atoms with Gasteiger partial charge < -0.3 is 5.11 Å². The second-order valence-electron chi connectivity index (χ2n) is 5.14. The minimum absolute atomic E-state index is 0.111. The Hall–Kier alpha value is -1.83. The first-order chi connectivity index (χ1) is 10.6. The molecule has 1 amide bonds. The molecule has 2 aromatic heterocycles. The van der Waals surface area contributed by atoms with E-state index in [0.29, 0.717) is 5.69 Å². The minimum atomic E-state index is -0.413. The van der Waals surface area contributed by atoms with E-state index in [1.807, 2.05) is 37.4 Å². The molecule has 7 heteroatoms. The topological polar surface area (TPSA) is 84.3 Å². The van der Waals surface area contributed by atoms with Crippen molar-refractivity contribution < 1.29 is 14.7 Å². The van der Waals surface area contributed by atoms with Crippen LogP contribution in [0.15, 0.2) is 29.8 Å². The number of rotatable bonds is 7. The molecule has 0 spiro atoms. The number of carbonyl (C=O) groups is 1. The standard InChI is InChI=1S/C15H19N3O3S/c1-10(2)13(8-19)21-18-14(20)7-11-9-22-15(17-11)12-5-3-4-6-16-12/h3-6,9-10,13,19H,7-8H2,1-2H3,(H,18,20)/t13-/m1/s1. The van der Waals surface area contributed by atoms with E-state index in [0.717, 1.165) is 10.7 Å². The lowest BCUT2D eigenvalue weighted by molar-refractivity contribution is -0.143. The largest absolute Gasteiger partial charge is 0.394 e. The number of carbonyl (C=O) groups excluding carboxylic acids is 1. The zero-order valence-electron chi connectivity index (χ0n) is 12.5. The molecule has 2 rings (SSSR count). The third-order valence-electron chi connectivity index (χ3n) is 3.03. The predicted molar refractivity (Wildman–Crippen MR) is 84.0 cm³/mol. The van der Waals surface area contributed by atoms with Crippen LogP contribution in [0, 0.1) is 5.92 Å². The number of aliphatic hydroxyl groups is 1. The molecule has 0 unspecified atom stereocenters. The molecule has 0 saturated heterocycles. The summed E-state index contributed by atoms with van der Waals surface area (Å²) in [6.45, 7) is 3.68. The van der Waals surface area contributed by atoms with Gasteiger partial charge in [0.15, 0.2) is 0 Å². The van der Waals surface area contributed by atoms with Crippen molar-refractivity contribution in [1.29, 1.82) is 0 Å². The smallest absolute Gasteiger partial charge is 0.249 e. The Bertz CT molecular complexity index is 601. The van der Waals surface area contributed by atoms with Crippen molar-refractivity contribution in [3.8, 4) is 10.7 Å². The molecule has 0 fully saturated rings. The Labute approximate surface area is 133 Å². The Balaban J connectivity index is 1.89. The molecule has 0 bridgehead atoms. The van der Waals surface area contributed by atoms with Crippen LogP contribution >= 0.6 is 11.3 Å². The molecule has 118 valence electrons. The monoisotopic (exact) mass is 321 g/mol. The summed E-state index contributed by atoms with van der Waals surface area (Å²) in [5, 5.41) is 11.7. The van der Waals surface area contributed by atoms with Crippen molar-refractivity contribution in [1.82, 2.24) is 15.4 Å². The zero-order chi connectivity index (χ0) is 15.9. The quantitative estimate of drug-likeness (QED) is 0.760. The third kappa shape index (κ3) is 4.59. The number of hydrogen-bond acceptors (Lipinski definition) is 6. The Morgan fingerprint density at radius 3 is 2.91 bits per heavy atom. The summed E-state index contributed by atoms with van der Waals surface area (Å²) < 4.78 is 0. The molecule has 2 aromatic rings. The predicted octanol–water partition coefficient (Wildman–Crippen LogP) is 1.81. The molecule has 2 N–H and O–H groups in total. The Morgan fingerprint density at radius 2 is 2.27 bits per heavy atom. The van der Waals surface area contributed by atoms with Gasteiger partial charge in [0.2, 0.25) is 5.91 Å². The van der Waals surface area contributed by atoms with Crippen molar-refractivity contribution in [3.05, 3.63) is 35.5 Å². The second kappa shape index (κ2) is 7.98. The number of pyridine rings is 1. The third-order valence-corrected chi connectivity index (χ3v) is 3.94. The van der Waals surface area contributed by atoms with Gasteiger partial charge in [0, 0.05) is 11.6 Å². The van der Waals surface area contributed by atoms with Crippen LogP contribution in [0.1, 0.15) is 19.5 Å². The minimum Gasteiger partial charge on any atom is -0.394 e. The average Bonchev–Trinajstić information content (AvgIpc) is 2.97. The molecular weight excluding hydrogens is 302 g/mol. The van der Waals surface area contributed by atoms with Gasteiger partial charge in [0.1, 0.15) is 11.1 Å². The highest BCUT2D eigenvalue weighted by Crippen LogP contribution is 2.21. The zero-order valence-corrected chi connectivity index (χ0v) is 13.3. The van der Waals surface area contributed by atoms with Gasteiger partial charge >= 0.3 is 0 Å². The maximum atomic E-state index is 11.8. The molecule has 0 aliphatic carbocycles. The fraction of sp³-hybridized carbons (Fsp3) is 0.400. The Kier molecular flexibility index (Phi) is 6.00. The van der Waals surface area contributed by atoms with Gasteiger partial charge in [0.25, 0.3) is 0 Å². The SMILES string of the molecule is CC(C)[C@@H](CO)ONC(=O)Cc1csc(-c2ccccn2)n1. The fourth-order valence-corrected chi connectivity index (χ4v) is 2.52. The van der Waals surface area contributed by atoms with E-state index in [1.54, 1.807) is 6.20 Å². The van der Waals surface area contributed by atoms with Crippen LogP contribution in [-0.2, 0) is 16.1 Å². The summed E-state index contributed by atoms with van der Waals surface area (Å²) in [4.78, 5) is 25.6. The van der Waals surface area contributed by atoms with Crippen molar-refractivity contribution in [2.75, 3.05) is 6.61 Å². The first kappa shape index (κ1) is 16.5. The number of nitrogens with zero attached hydrogens (tertiary/aromatic N) is 2. The van der Waals surface area contributed by atoms with Gasteiger partial charge in [-0.1, -0.05) is 19.9 Å². The lowest BCUT2D eigenvalue weighted by Gasteiger charge is -2.18. The number of aliphatic hydroxyl groups excluding tert-OH is 1. The summed E-state index contributed by atoms with van der Waals surface area (Å²) in [6.07, 6.45) is 1.42. The molecule has 0 aliphatic rings. The normalized spacial score (nSPS) is 12.4. The molecule has 6 nitrogen and oxygen atoms in total. The number of amides is 1. The van der Waals surface area contributed by atoms with Crippen LogP contribution in [0.4, 0.5) is 0 Å². The highest BCUT2D eigenvalue weighted by Gasteiger charge is 2.15. The average molecular weight is 321 g/mol. The van der Waals surface area contributed by atoms with E-state index >= 15 is 0 Å². The van der Waals surface area contributed by atoms with Crippen LogP contribution in [0.5, 0.6) is 0 Å². The van der Waals surface area contributed by atoms with Crippen LogP contribution < -0.4 is 5.48 Å². The summed E-state index contributed by atoms with van der Waals surface area (Å²) in [6, 6.07) is 5.61. The number of nitrogens with one attached hydrogen (secondary N) is 1. The molecule has 0 saturated carbocycles. The van der Waals surface area contributed by atoms with Crippen LogP contribution in [0.25, 0.3) is 10.7 Å². The number of hydroxylamine groups is 1. The van der Waals surface area contributed by atoms with Gasteiger partial charge in [-0.3, -0.25) is 14.6 Å². The second-order valence-corrected chi connectivity index (χ2v) is 6.00. The van der Waals surface area contributed by atoms with Crippen LogP contribution in [0.2, 0.25) is 0 Å². The number of hydrogen-bond donors (Lipinski definition) is 2. The van der Waals surface area contributed by atoms with E-state index in [9.17, 15) is 4.79 Å². The fourth-order valence-electron chi connectivity index (χ4n) is 1.72. The Morgan fingerprint density at radius 1 is 1.45 bits per heavy atom. The first-order valence-electron chi connectivity index (χ1n) is 7.01. The van der Waals surface area contributed by atoms with Crippen LogP contribution in [0.3, 0.4) is 0 Å². The van der Waals surface area contributed by atoms with E-state index in [2.05, 4.69) is 15.4 Å². The van der Waals surface area contributed by atoms with Crippen molar-refractivity contribution in [2.24, 2.45) is 5.92 Å². The lowest BCUT2D eigenvalue weighted by atomic mass is 10.1.